The van der Waals surface area contributed by atoms with Crippen LogP contribution in [0.2, 0.25) is 0 Å². The number of carbonyl (C=O) groups is 1. The van der Waals surface area contributed by atoms with Crippen molar-refractivity contribution < 1.29 is 4.79 Å². The summed E-state index contributed by atoms with van der Waals surface area (Å²) in [4.78, 5) is 23.7. The number of piperidine rings is 1. The summed E-state index contributed by atoms with van der Waals surface area (Å²) in [5, 5.41) is 6.17. The molecule has 1 amide bonds. The number of aromatic nitrogens is 1. The molecule has 1 unspecified atom stereocenters. The Kier molecular flexibility index (Phi) is 1.91. The van der Waals surface area contributed by atoms with E-state index in [0.717, 1.165) is 19.4 Å². The molecule has 0 radical (unpaired) electrons. The van der Waals surface area contributed by atoms with Gasteiger partial charge < -0.3 is 10.6 Å². The summed E-state index contributed by atoms with van der Waals surface area (Å²) in [6.07, 6.45) is 1.77. The van der Waals surface area contributed by atoms with Gasteiger partial charge in [0.15, 0.2) is 0 Å². The highest BCUT2D eigenvalue weighted by Gasteiger charge is 2.43. The normalized spacial score (nSPS) is 27.9. The quantitative estimate of drug-likeness (QED) is 0.625. The zero-order valence-electron chi connectivity index (χ0n) is 8.82. The van der Waals surface area contributed by atoms with Gasteiger partial charge >= 0.3 is 0 Å². The summed E-state index contributed by atoms with van der Waals surface area (Å²) >= 11 is 0. The number of hydrogen-bond donors (Lipinski definition) is 2. The second kappa shape index (κ2) is 3.18. The highest BCUT2D eigenvalue weighted by Crippen LogP contribution is 2.27. The molecule has 2 N–H and O–H groups in total. The number of nitrogens with zero attached hydrogens (tertiary/aromatic N) is 1. The average Bonchev–Trinajstić information content (AvgIpc) is 2.55. The second-order valence-electron chi connectivity index (χ2n) is 4.35. The third kappa shape index (κ3) is 1.15. The Hall–Kier alpha value is -1.62. The molecule has 5 heteroatoms. The van der Waals surface area contributed by atoms with Crippen molar-refractivity contribution in [1.82, 2.24) is 15.2 Å². The lowest BCUT2D eigenvalue weighted by molar-refractivity contribution is 0.0892. The van der Waals surface area contributed by atoms with E-state index in [1.54, 1.807) is 16.7 Å². The Morgan fingerprint density at radius 1 is 1.31 bits per heavy atom. The van der Waals surface area contributed by atoms with Crippen molar-refractivity contribution in [2.75, 3.05) is 13.1 Å². The summed E-state index contributed by atoms with van der Waals surface area (Å²) in [5.41, 5.74) is -0.182. The van der Waals surface area contributed by atoms with Gasteiger partial charge in [-0.2, -0.15) is 0 Å². The maximum atomic E-state index is 11.9. The number of carbonyl (C=O) groups excluding carboxylic acids is 1. The molecular formula is C11H13N3O2. The van der Waals surface area contributed by atoms with Crippen LogP contribution in [0.5, 0.6) is 0 Å². The van der Waals surface area contributed by atoms with Gasteiger partial charge in [-0.1, -0.05) is 6.07 Å². The van der Waals surface area contributed by atoms with Crippen molar-refractivity contribution in [1.29, 1.82) is 0 Å². The van der Waals surface area contributed by atoms with E-state index in [-0.39, 0.29) is 11.5 Å². The molecular weight excluding hydrogens is 206 g/mol. The third-order valence-electron chi connectivity index (χ3n) is 3.32. The molecule has 1 aromatic rings. The molecule has 0 bridgehead atoms. The smallest absolute Gasteiger partial charge is 0.269 e. The van der Waals surface area contributed by atoms with E-state index < -0.39 is 5.66 Å². The topological polar surface area (TPSA) is 63.1 Å². The van der Waals surface area contributed by atoms with Crippen LogP contribution in [0.4, 0.5) is 0 Å². The Morgan fingerprint density at radius 3 is 2.94 bits per heavy atom. The molecule has 1 saturated heterocycles. The summed E-state index contributed by atoms with van der Waals surface area (Å²) in [6.45, 7) is 1.56. The van der Waals surface area contributed by atoms with Gasteiger partial charge in [-0.3, -0.25) is 14.2 Å². The maximum Gasteiger partial charge on any atom is 0.269 e. The maximum absolute atomic E-state index is 11.9. The molecule has 1 spiro atoms. The van der Waals surface area contributed by atoms with E-state index in [0.29, 0.717) is 12.2 Å². The van der Waals surface area contributed by atoms with E-state index >= 15 is 0 Å². The van der Waals surface area contributed by atoms with E-state index in [1.165, 1.54) is 6.07 Å². The van der Waals surface area contributed by atoms with Crippen LogP contribution in [0.3, 0.4) is 0 Å². The molecule has 1 aromatic heterocycles. The van der Waals surface area contributed by atoms with Crippen LogP contribution in [0, 0.1) is 0 Å². The standard InChI is InChI=1S/C11H13N3O2/c15-9-4-1-3-8-10(16)13-11(14(8)9)5-2-6-12-7-11/h1,3-4,12H,2,5-7H2,(H,13,16). The van der Waals surface area contributed by atoms with Gasteiger partial charge in [-0.05, 0) is 25.5 Å². The first-order chi connectivity index (χ1) is 7.73. The van der Waals surface area contributed by atoms with E-state index in [2.05, 4.69) is 10.6 Å². The molecule has 2 aliphatic heterocycles. The Balaban J connectivity index is 2.20. The molecule has 1 atom stereocenters. The summed E-state index contributed by atoms with van der Waals surface area (Å²) in [5.74, 6) is -0.151. The van der Waals surface area contributed by atoms with Crippen molar-refractivity contribution in [2.45, 2.75) is 18.5 Å². The minimum Gasteiger partial charge on any atom is -0.326 e. The molecule has 0 saturated carbocycles. The van der Waals surface area contributed by atoms with Gasteiger partial charge in [0, 0.05) is 12.6 Å². The van der Waals surface area contributed by atoms with Crippen LogP contribution in [0.15, 0.2) is 23.0 Å². The molecule has 3 heterocycles. The van der Waals surface area contributed by atoms with Crippen LogP contribution in [0.1, 0.15) is 23.3 Å². The van der Waals surface area contributed by atoms with Gasteiger partial charge in [-0.25, -0.2) is 0 Å². The summed E-state index contributed by atoms with van der Waals surface area (Å²) < 4.78 is 1.60. The second-order valence-corrected chi connectivity index (χ2v) is 4.35. The van der Waals surface area contributed by atoms with Gasteiger partial charge in [0.05, 0.1) is 0 Å². The Bertz CT molecular complexity index is 500. The number of fused-ring (bicyclic) bond motifs is 2. The SMILES string of the molecule is O=C1NC2(CCCNC2)n2c1cccc2=O. The Morgan fingerprint density at radius 2 is 2.19 bits per heavy atom. The van der Waals surface area contributed by atoms with E-state index in [9.17, 15) is 9.59 Å². The largest absolute Gasteiger partial charge is 0.326 e. The average molecular weight is 219 g/mol. The molecule has 1 fully saturated rings. The zero-order valence-corrected chi connectivity index (χ0v) is 8.82. The summed E-state index contributed by atoms with van der Waals surface area (Å²) in [7, 11) is 0. The monoisotopic (exact) mass is 219 g/mol. The Labute approximate surface area is 92.5 Å². The number of rotatable bonds is 0. The van der Waals surface area contributed by atoms with Crippen LogP contribution in [-0.4, -0.2) is 23.6 Å². The molecule has 84 valence electrons. The fourth-order valence-corrected chi connectivity index (χ4v) is 2.63. The molecule has 0 aliphatic carbocycles. The van der Waals surface area contributed by atoms with Gasteiger partial charge in [-0.15, -0.1) is 0 Å². The van der Waals surface area contributed by atoms with E-state index in [1.807, 2.05) is 0 Å². The van der Waals surface area contributed by atoms with Gasteiger partial charge in [0.2, 0.25) is 0 Å². The lowest BCUT2D eigenvalue weighted by Gasteiger charge is -2.35. The third-order valence-corrected chi connectivity index (χ3v) is 3.32. The first kappa shape index (κ1) is 9.59. The van der Waals surface area contributed by atoms with Crippen molar-refractivity contribution >= 4 is 5.91 Å². The molecule has 2 aliphatic rings. The molecule has 0 aromatic carbocycles. The summed E-state index contributed by atoms with van der Waals surface area (Å²) in [6, 6.07) is 4.82. The molecule has 3 rings (SSSR count). The number of amides is 1. The first-order valence-electron chi connectivity index (χ1n) is 5.49. The highest BCUT2D eigenvalue weighted by atomic mass is 16.2. The van der Waals surface area contributed by atoms with Crippen molar-refractivity contribution in [2.24, 2.45) is 0 Å². The fraction of sp³-hybridized carbons (Fsp3) is 0.455. The van der Waals surface area contributed by atoms with Crippen molar-refractivity contribution in [3.8, 4) is 0 Å². The number of pyridine rings is 1. The number of hydrogen-bond acceptors (Lipinski definition) is 3. The minimum absolute atomic E-state index is 0.112. The lowest BCUT2D eigenvalue weighted by atomic mass is 10.0. The fourth-order valence-electron chi connectivity index (χ4n) is 2.63. The van der Waals surface area contributed by atoms with Gasteiger partial charge in [0.25, 0.3) is 11.5 Å². The van der Waals surface area contributed by atoms with Crippen LogP contribution in [-0.2, 0) is 5.66 Å². The zero-order chi connectivity index (χ0) is 11.2. The van der Waals surface area contributed by atoms with Crippen LogP contribution in [0.25, 0.3) is 0 Å². The minimum atomic E-state index is -0.539. The first-order valence-corrected chi connectivity index (χ1v) is 5.49. The molecule has 16 heavy (non-hydrogen) atoms. The van der Waals surface area contributed by atoms with Crippen LogP contribution >= 0.6 is 0 Å². The highest BCUT2D eigenvalue weighted by molar-refractivity contribution is 5.95. The van der Waals surface area contributed by atoms with Crippen molar-refractivity contribution in [3.05, 3.63) is 34.2 Å². The van der Waals surface area contributed by atoms with E-state index in [4.69, 9.17) is 0 Å². The predicted molar refractivity (Wildman–Crippen MR) is 58.2 cm³/mol. The van der Waals surface area contributed by atoms with Crippen LogP contribution < -0.4 is 16.2 Å². The predicted octanol–water partition coefficient (Wildman–Crippen LogP) is -0.372. The molecule has 5 nitrogen and oxygen atoms in total. The van der Waals surface area contributed by atoms with Crippen molar-refractivity contribution in [3.63, 3.8) is 0 Å². The lowest BCUT2D eigenvalue weighted by Crippen LogP contribution is -2.56. The van der Waals surface area contributed by atoms with Gasteiger partial charge in [0.1, 0.15) is 11.4 Å². The number of nitrogens with one attached hydrogen (secondary N) is 2.